The van der Waals surface area contributed by atoms with Gasteiger partial charge in [-0.05, 0) is 57.2 Å². The van der Waals surface area contributed by atoms with E-state index in [1.54, 1.807) is 0 Å². The van der Waals surface area contributed by atoms with Crippen LogP contribution in [0.15, 0.2) is 18.2 Å². The fraction of sp³-hybridized carbons (Fsp3) is 0.533. The van der Waals surface area contributed by atoms with Crippen molar-refractivity contribution in [1.82, 2.24) is 4.90 Å². The maximum Gasteiger partial charge on any atom is 0.258 e. The summed E-state index contributed by atoms with van der Waals surface area (Å²) in [7, 11) is 0. The van der Waals surface area contributed by atoms with E-state index in [9.17, 15) is 14.3 Å². The van der Waals surface area contributed by atoms with Gasteiger partial charge in [-0.1, -0.05) is 0 Å². The first-order valence-electron chi connectivity index (χ1n) is 6.75. The van der Waals surface area contributed by atoms with E-state index in [2.05, 4.69) is 0 Å². The average Bonchev–Trinajstić information content (AvgIpc) is 2.23. The topological polar surface area (TPSA) is 40.5 Å². The van der Waals surface area contributed by atoms with Crippen LogP contribution in [0.5, 0.6) is 5.75 Å². The van der Waals surface area contributed by atoms with Gasteiger partial charge in [0.2, 0.25) is 0 Å². The van der Waals surface area contributed by atoms with E-state index in [0.29, 0.717) is 0 Å². The highest BCUT2D eigenvalue weighted by Gasteiger charge is 2.61. The van der Waals surface area contributed by atoms with Crippen LogP contribution >= 0.6 is 0 Å². The SMILES string of the molecule is CC(C)N(C(=O)c1cc(F)ccc1O)C12CC(C1)C2. The van der Waals surface area contributed by atoms with Gasteiger partial charge in [0.25, 0.3) is 5.91 Å². The number of benzene rings is 1. The Labute approximate surface area is 112 Å². The average molecular weight is 263 g/mol. The van der Waals surface area contributed by atoms with Gasteiger partial charge in [0.1, 0.15) is 11.6 Å². The van der Waals surface area contributed by atoms with Crippen molar-refractivity contribution in [2.24, 2.45) is 5.92 Å². The van der Waals surface area contributed by atoms with Crippen LogP contribution in [-0.2, 0) is 0 Å². The normalized spacial score (nSPS) is 27.7. The molecule has 0 atom stereocenters. The Kier molecular flexibility index (Phi) is 2.59. The van der Waals surface area contributed by atoms with Crippen LogP contribution in [0.2, 0.25) is 0 Å². The van der Waals surface area contributed by atoms with Crippen molar-refractivity contribution in [3.8, 4) is 5.75 Å². The molecule has 3 nitrogen and oxygen atoms in total. The lowest BCUT2D eigenvalue weighted by Crippen LogP contribution is -2.70. The summed E-state index contributed by atoms with van der Waals surface area (Å²) in [6.45, 7) is 3.93. The number of phenolic OH excluding ortho intramolecular Hbond substituents is 1. The summed E-state index contributed by atoms with van der Waals surface area (Å²) in [4.78, 5) is 14.5. The van der Waals surface area contributed by atoms with Crippen molar-refractivity contribution in [3.63, 3.8) is 0 Å². The van der Waals surface area contributed by atoms with Crippen molar-refractivity contribution >= 4 is 5.91 Å². The Morgan fingerprint density at radius 3 is 2.53 bits per heavy atom. The first-order valence-corrected chi connectivity index (χ1v) is 6.75. The first-order chi connectivity index (χ1) is 8.93. The van der Waals surface area contributed by atoms with Crippen molar-refractivity contribution < 1.29 is 14.3 Å². The molecule has 102 valence electrons. The van der Waals surface area contributed by atoms with Crippen LogP contribution in [0.25, 0.3) is 0 Å². The van der Waals surface area contributed by atoms with Gasteiger partial charge < -0.3 is 10.0 Å². The molecule has 0 heterocycles. The van der Waals surface area contributed by atoms with Crippen LogP contribution in [-0.4, -0.2) is 27.5 Å². The lowest BCUT2D eigenvalue weighted by molar-refractivity contribution is -0.134. The zero-order valence-corrected chi connectivity index (χ0v) is 11.2. The Bertz CT molecular complexity index is 524. The zero-order chi connectivity index (χ0) is 13.8. The van der Waals surface area contributed by atoms with Gasteiger partial charge in [0, 0.05) is 11.6 Å². The zero-order valence-electron chi connectivity index (χ0n) is 11.2. The third-order valence-electron chi connectivity index (χ3n) is 4.44. The highest BCUT2D eigenvalue weighted by atomic mass is 19.1. The van der Waals surface area contributed by atoms with E-state index in [1.807, 2.05) is 18.7 Å². The van der Waals surface area contributed by atoms with E-state index in [0.717, 1.165) is 37.3 Å². The molecule has 4 heteroatoms. The highest BCUT2D eigenvalue weighted by molar-refractivity contribution is 5.97. The molecule has 1 N–H and O–H groups in total. The maximum absolute atomic E-state index is 13.3. The summed E-state index contributed by atoms with van der Waals surface area (Å²) >= 11 is 0. The number of amides is 1. The molecule has 0 aliphatic heterocycles. The van der Waals surface area contributed by atoms with Crippen LogP contribution in [0, 0.1) is 11.7 Å². The highest BCUT2D eigenvalue weighted by Crippen LogP contribution is 2.61. The number of hydrogen-bond donors (Lipinski definition) is 1. The Hall–Kier alpha value is -1.58. The minimum Gasteiger partial charge on any atom is -0.507 e. The number of aromatic hydroxyl groups is 1. The monoisotopic (exact) mass is 263 g/mol. The van der Waals surface area contributed by atoms with Crippen molar-refractivity contribution in [1.29, 1.82) is 0 Å². The summed E-state index contributed by atoms with van der Waals surface area (Å²) in [5.74, 6) is -0.147. The second kappa shape index (κ2) is 3.95. The van der Waals surface area contributed by atoms with E-state index < -0.39 is 5.82 Å². The Morgan fingerprint density at radius 2 is 2.05 bits per heavy atom. The van der Waals surface area contributed by atoms with Crippen LogP contribution < -0.4 is 0 Å². The van der Waals surface area contributed by atoms with Gasteiger partial charge >= 0.3 is 0 Å². The molecule has 4 rings (SSSR count). The van der Waals surface area contributed by atoms with Crippen molar-refractivity contribution in [2.75, 3.05) is 0 Å². The lowest BCUT2D eigenvalue weighted by Gasteiger charge is -2.67. The number of hydrogen-bond acceptors (Lipinski definition) is 2. The van der Waals surface area contributed by atoms with E-state index in [-0.39, 0.29) is 28.8 Å². The molecule has 3 aliphatic carbocycles. The Morgan fingerprint density at radius 1 is 1.42 bits per heavy atom. The van der Waals surface area contributed by atoms with Crippen LogP contribution in [0.4, 0.5) is 4.39 Å². The van der Waals surface area contributed by atoms with Gasteiger partial charge in [0.05, 0.1) is 5.56 Å². The number of carbonyl (C=O) groups is 1. The van der Waals surface area contributed by atoms with Crippen molar-refractivity contribution in [2.45, 2.75) is 44.7 Å². The lowest BCUT2D eigenvalue weighted by atomic mass is 9.48. The number of phenols is 1. The van der Waals surface area contributed by atoms with Gasteiger partial charge in [-0.3, -0.25) is 4.79 Å². The molecule has 1 amide bonds. The molecule has 0 spiro atoms. The molecular weight excluding hydrogens is 245 g/mol. The third-order valence-corrected chi connectivity index (χ3v) is 4.44. The number of halogens is 1. The molecule has 3 aliphatic rings. The second-order valence-corrected chi connectivity index (χ2v) is 6.13. The fourth-order valence-electron chi connectivity index (χ4n) is 3.53. The first kappa shape index (κ1) is 12.5. The minimum absolute atomic E-state index is 0.0331. The molecule has 19 heavy (non-hydrogen) atoms. The van der Waals surface area contributed by atoms with E-state index in [4.69, 9.17) is 0 Å². The van der Waals surface area contributed by atoms with E-state index in [1.165, 1.54) is 6.07 Å². The molecule has 3 fully saturated rings. The predicted molar refractivity (Wildman–Crippen MR) is 69.4 cm³/mol. The van der Waals surface area contributed by atoms with E-state index >= 15 is 0 Å². The number of rotatable bonds is 3. The standard InChI is InChI=1S/C15H18FNO2/c1-9(2)17(15-6-10(7-15)8-15)14(19)12-5-11(16)3-4-13(12)18/h3-5,9-10,18H,6-8H2,1-2H3. The molecule has 1 aromatic carbocycles. The molecule has 0 aromatic heterocycles. The molecule has 1 aromatic rings. The second-order valence-electron chi connectivity index (χ2n) is 6.13. The van der Waals surface area contributed by atoms with Gasteiger partial charge in [-0.15, -0.1) is 0 Å². The molecule has 0 unspecified atom stereocenters. The largest absolute Gasteiger partial charge is 0.507 e. The molecule has 0 saturated heterocycles. The quantitative estimate of drug-likeness (QED) is 0.910. The number of nitrogens with zero attached hydrogens (tertiary/aromatic N) is 1. The van der Waals surface area contributed by atoms with Crippen molar-refractivity contribution in [3.05, 3.63) is 29.6 Å². The summed E-state index contributed by atoms with van der Waals surface area (Å²) in [6.07, 6.45) is 3.15. The number of carbonyl (C=O) groups excluding carboxylic acids is 1. The molecule has 0 radical (unpaired) electrons. The summed E-state index contributed by atoms with van der Waals surface area (Å²) in [5, 5.41) is 9.79. The molecule has 2 bridgehead atoms. The maximum atomic E-state index is 13.3. The van der Waals surface area contributed by atoms with Gasteiger partial charge in [-0.25, -0.2) is 4.39 Å². The minimum atomic E-state index is -0.498. The van der Waals surface area contributed by atoms with Gasteiger partial charge in [-0.2, -0.15) is 0 Å². The third kappa shape index (κ3) is 1.73. The predicted octanol–water partition coefficient (Wildman–Crippen LogP) is 2.93. The van der Waals surface area contributed by atoms with Crippen LogP contribution in [0.1, 0.15) is 43.5 Å². The summed E-state index contributed by atoms with van der Waals surface area (Å²) in [5.41, 5.74) is 0.0349. The fourth-order valence-corrected chi connectivity index (χ4v) is 3.53. The molecular formula is C15H18FNO2. The van der Waals surface area contributed by atoms with Crippen LogP contribution in [0.3, 0.4) is 0 Å². The van der Waals surface area contributed by atoms with Gasteiger partial charge in [0.15, 0.2) is 0 Å². The smallest absolute Gasteiger partial charge is 0.258 e. The summed E-state index contributed by atoms with van der Waals surface area (Å²) < 4.78 is 13.3. The molecule has 3 saturated carbocycles. The summed E-state index contributed by atoms with van der Waals surface area (Å²) in [6, 6.07) is 3.57. The Balaban J connectivity index is 1.94.